The summed E-state index contributed by atoms with van der Waals surface area (Å²) in [5.74, 6) is 4.11. The van der Waals surface area contributed by atoms with Crippen LogP contribution in [0.1, 0.15) is 327 Å². The van der Waals surface area contributed by atoms with Crippen LogP contribution in [0, 0.1) is 0 Å². The third-order valence-electron chi connectivity index (χ3n) is 19.7. The van der Waals surface area contributed by atoms with Crippen molar-refractivity contribution in [1.82, 2.24) is 9.13 Å². The Hall–Kier alpha value is -4.63. The lowest BCUT2D eigenvalue weighted by molar-refractivity contribution is -0.582. The summed E-state index contributed by atoms with van der Waals surface area (Å²) in [5, 5.41) is -0.814. The van der Waals surface area contributed by atoms with Crippen molar-refractivity contribution in [2.24, 2.45) is 9.27 Å². The average molecular weight is 1290 g/mol. The number of aromatic nitrogens is 4. The molecule has 0 fully saturated rings. The molecule has 0 radical (unpaired) electrons. The number of hydrogen-bond acceptors (Lipinski definition) is 4. The summed E-state index contributed by atoms with van der Waals surface area (Å²) < 4.78 is 20.3. The first-order chi connectivity index (χ1) is 41.0. The lowest BCUT2D eigenvalue weighted by Gasteiger charge is -2.59. The number of imidazole rings is 2. The number of benzene rings is 4. The molecule has 8 nitrogen and oxygen atoms in total. The zero-order chi connectivity index (χ0) is 68.9. The van der Waals surface area contributed by atoms with Gasteiger partial charge >= 0.3 is 11.9 Å². The van der Waals surface area contributed by atoms with E-state index in [9.17, 15) is 0 Å². The van der Waals surface area contributed by atoms with Gasteiger partial charge in [0.25, 0.3) is 0 Å². The van der Waals surface area contributed by atoms with Gasteiger partial charge in [0, 0.05) is 0 Å². The normalized spacial score (nSPS) is 14.0. The smallest absolute Gasteiger partial charge is 0.393 e. The van der Waals surface area contributed by atoms with Crippen molar-refractivity contribution in [3.8, 4) is 22.7 Å². The molecule has 2 heterocycles. The van der Waals surface area contributed by atoms with E-state index in [1.54, 1.807) is 0 Å². The average Bonchev–Trinajstić information content (AvgIpc) is 0.785. The van der Waals surface area contributed by atoms with Crippen LogP contribution in [0.3, 0.4) is 0 Å². The highest BCUT2D eigenvalue weighted by Crippen LogP contribution is 2.63. The first-order valence-corrected chi connectivity index (χ1v) is 43.0. The van der Waals surface area contributed by atoms with Crippen LogP contribution in [0.2, 0.25) is 30.2 Å². The van der Waals surface area contributed by atoms with Crippen molar-refractivity contribution in [3.05, 3.63) is 142 Å². The minimum atomic E-state index is -2.70. The largest absolute Gasteiger partial charge is 0.866 e. The Balaban J connectivity index is 0.000000327. The van der Waals surface area contributed by atoms with E-state index in [1.165, 1.54) is 67.3 Å². The second kappa shape index (κ2) is 27.7. The molecule has 6 aromatic rings. The van der Waals surface area contributed by atoms with Crippen molar-refractivity contribution in [2.45, 2.75) is 313 Å². The van der Waals surface area contributed by atoms with E-state index in [0.29, 0.717) is 47.3 Å². The van der Waals surface area contributed by atoms with E-state index in [-0.39, 0.29) is 30.2 Å². The summed E-state index contributed by atoms with van der Waals surface area (Å²) in [6.45, 7) is 77.9. The Morgan fingerprint density at radius 1 is 0.322 bits per heavy atom. The molecule has 0 unspecified atom stereocenters. The zero-order valence-electron chi connectivity index (χ0n) is 63.4. The quantitative estimate of drug-likeness (QED) is 0.0714. The second-order valence-corrected chi connectivity index (χ2v) is 55.6. The fraction of sp³-hybridized carbons (Fsp3) is 0.615. The van der Waals surface area contributed by atoms with E-state index in [2.05, 4.69) is 351 Å². The summed E-state index contributed by atoms with van der Waals surface area (Å²) in [6, 6.07) is 26.8. The Labute approximate surface area is 555 Å². The molecule has 0 aliphatic heterocycles. The van der Waals surface area contributed by atoms with Gasteiger partial charge in [-0.3, -0.25) is 0 Å². The summed E-state index contributed by atoms with van der Waals surface area (Å²) in [7, 11) is -10.4. The van der Waals surface area contributed by atoms with Gasteiger partial charge in [-0.25, -0.2) is 0 Å². The molecule has 0 saturated heterocycles. The second-order valence-electron chi connectivity index (χ2n) is 34.9. The molecule has 0 spiro atoms. The van der Waals surface area contributed by atoms with E-state index in [1.807, 2.05) is 0 Å². The Morgan fingerprint density at radius 3 is 0.667 bits per heavy atom. The van der Waals surface area contributed by atoms with Gasteiger partial charge in [0.05, 0.1) is 0 Å². The predicted molar refractivity (Wildman–Crippen MR) is 393 cm³/mol. The van der Waals surface area contributed by atoms with Gasteiger partial charge in [0.2, 0.25) is 0 Å². The van der Waals surface area contributed by atoms with Crippen molar-refractivity contribution in [2.75, 3.05) is 0 Å². The maximum atomic E-state index is 15.6. The lowest BCUT2D eigenvalue weighted by Crippen LogP contribution is -2.69. The predicted octanol–water partition coefficient (Wildman–Crippen LogP) is 21.8. The summed E-state index contributed by atoms with van der Waals surface area (Å²) in [5.41, 5.74) is 15.0. The van der Waals surface area contributed by atoms with E-state index >= 15 is 9.59 Å². The molecule has 0 bridgehead atoms. The van der Waals surface area contributed by atoms with Gasteiger partial charge in [0.15, 0.2) is 16.7 Å². The SMILES string of the molecule is CC(C)c1cccc(C(C)C)c1-n1cc[n+](-c2c(C(C)C)cccc2C(C)C)c1/N=[Si](\[O-])[Si](C(C)(C)C)(C(C)(C)C)C(C)(C)C.CC(C)c1cccc(C(C)C)c1-n1cc[n+](-c2c(C(C)C)cccc2C(C)C)c1/N=[Si](\[O-])[Si](C(C)(C)C)(C(C)(C)C)C(C)(C)C. The van der Waals surface area contributed by atoms with Crippen molar-refractivity contribution >= 4 is 43.8 Å². The summed E-state index contributed by atoms with van der Waals surface area (Å²) in [6.07, 6.45) is 8.71. The number of para-hydroxylation sites is 4. The molecule has 0 aliphatic carbocycles. The minimum Gasteiger partial charge on any atom is -0.866 e. The van der Waals surface area contributed by atoms with Crippen LogP contribution in [-0.2, 0) is 0 Å². The summed E-state index contributed by atoms with van der Waals surface area (Å²) >= 11 is 0. The first kappa shape index (κ1) is 76.1. The fourth-order valence-corrected chi connectivity index (χ4v) is 49.5. The standard InChI is InChI=1S/2C39H63N3OSi2/c2*1-26(2)30-20-18-21-31(27(3)4)34(30)41-24-25-42(35-32(28(5)6)22-19-23-33(35)29(7)8)36(41)40-44(43)45(37(9,10)11,38(12,13)14)39(15,16)17/h2*18-29H,1-17H3. The molecule has 12 heteroatoms. The lowest BCUT2D eigenvalue weighted by atomic mass is 9.92. The van der Waals surface area contributed by atoms with Crippen LogP contribution < -0.4 is 18.7 Å². The van der Waals surface area contributed by atoms with Crippen LogP contribution in [0.4, 0.5) is 11.9 Å². The minimum absolute atomic E-state index is 0.136. The Bertz CT molecular complexity index is 2940. The van der Waals surface area contributed by atoms with Gasteiger partial charge in [-0.1, -0.05) is 308 Å². The van der Waals surface area contributed by atoms with Crippen molar-refractivity contribution < 1.29 is 18.7 Å². The first-order valence-electron chi connectivity index (χ1n) is 34.3. The van der Waals surface area contributed by atoms with E-state index in [0.717, 1.165) is 11.9 Å². The molecule has 496 valence electrons. The van der Waals surface area contributed by atoms with Crippen LogP contribution in [-0.4, -0.2) is 41.0 Å². The highest BCUT2D eigenvalue weighted by atomic mass is 29.2. The molecule has 0 N–H and O–H groups in total. The van der Waals surface area contributed by atoms with Gasteiger partial charge < -0.3 is 9.59 Å². The maximum Gasteiger partial charge on any atom is 0.393 e. The Morgan fingerprint density at radius 2 is 0.500 bits per heavy atom. The third-order valence-corrected chi connectivity index (χ3v) is 53.3. The zero-order valence-corrected chi connectivity index (χ0v) is 67.4. The molecule has 2 aromatic heterocycles. The molecule has 6 rings (SSSR count). The number of nitrogens with zero attached hydrogens (tertiary/aromatic N) is 6. The van der Waals surface area contributed by atoms with Crippen molar-refractivity contribution in [3.63, 3.8) is 0 Å². The molecule has 4 aromatic carbocycles. The van der Waals surface area contributed by atoms with Gasteiger partial charge in [-0.2, -0.15) is 27.5 Å². The van der Waals surface area contributed by atoms with Crippen LogP contribution in [0.5, 0.6) is 0 Å². The fourth-order valence-electron chi connectivity index (χ4n) is 17.9. The maximum absolute atomic E-state index is 15.6. The topological polar surface area (TPSA) is 88.5 Å². The van der Waals surface area contributed by atoms with Crippen LogP contribution in [0.25, 0.3) is 22.7 Å². The molecular formula is C78H126N6O2Si4. The molecule has 90 heavy (non-hydrogen) atoms. The highest BCUT2D eigenvalue weighted by molar-refractivity contribution is 7.30. The van der Waals surface area contributed by atoms with Gasteiger partial charge in [-0.05, 0) is 122 Å². The van der Waals surface area contributed by atoms with Gasteiger partial charge in [0.1, 0.15) is 62.7 Å². The molecule has 0 amide bonds. The van der Waals surface area contributed by atoms with Crippen molar-refractivity contribution in [1.29, 1.82) is 0 Å². The monoisotopic (exact) mass is 1290 g/mol. The molecule has 0 atom stereocenters. The highest BCUT2D eigenvalue weighted by Gasteiger charge is 2.63. The summed E-state index contributed by atoms with van der Waals surface area (Å²) in [4.78, 5) is 31.1. The number of rotatable bonds is 16. The third kappa shape index (κ3) is 14.2. The molecule has 0 saturated carbocycles. The van der Waals surface area contributed by atoms with Crippen LogP contribution >= 0.6 is 0 Å². The molecule has 0 aliphatic rings. The van der Waals surface area contributed by atoms with Gasteiger partial charge in [-0.15, -0.1) is 0 Å². The number of hydrogen-bond donors (Lipinski definition) is 0. The molecular weight excluding hydrogens is 1170 g/mol. The van der Waals surface area contributed by atoms with E-state index in [4.69, 9.17) is 9.27 Å². The van der Waals surface area contributed by atoms with E-state index < -0.39 is 31.9 Å². The Kier molecular flexibility index (Phi) is 23.5. The van der Waals surface area contributed by atoms with Crippen LogP contribution in [0.15, 0.2) is 107 Å².